The highest BCUT2D eigenvalue weighted by atomic mass is 16.5. The molecule has 0 spiro atoms. The van der Waals surface area contributed by atoms with Gasteiger partial charge in [-0.15, -0.1) is 0 Å². The van der Waals surface area contributed by atoms with Gasteiger partial charge in [0.1, 0.15) is 0 Å². The maximum absolute atomic E-state index is 5.64. The van der Waals surface area contributed by atoms with Gasteiger partial charge in [0, 0.05) is 6.61 Å². The van der Waals surface area contributed by atoms with Gasteiger partial charge in [0.05, 0.1) is 6.61 Å². The fourth-order valence-corrected chi connectivity index (χ4v) is 2.11. The standard InChI is InChI=1S/C11H22O/c1-3-6-11(7-5-8-11)10-12-9-4-2/h3-10H2,1-2H3. The van der Waals surface area contributed by atoms with Crippen LogP contribution >= 0.6 is 0 Å². The largest absolute Gasteiger partial charge is 0.381 e. The minimum absolute atomic E-state index is 0.601. The normalized spacial score (nSPS) is 20.5. The summed E-state index contributed by atoms with van der Waals surface area (Å²) in [6.45, 7) is 6.42. The third kappa shape index (κ3) is 2.48. The summed E-state index contributed by atoms with van der Waals surface area (Å²) in [5.74, 6) is 0. The molecule has 0 heterocycles. The third-order valence-corrected chi connectivity index (χ3v) is 2.95. The summed E-state index contributed by atoms with van der Waals surface area (Å²) < 4.78 is 5.64. The molecule has 1 aliphatic rings. The lowest BCUT2D eigenvalue weighted by molar-refractivity contribution is -0.0123. The van der Waals surface area contributed by atoms with E-state index < -0.39 is 0 Å². The molecule has 0 amide bonds. The molecule has 0 atom stereocenters. The van der Waals surface area contributed by atoms with Crippen molar-refractivity contribution in [3.8, 4) is 0 Å². The van der Waals surface area contributed by atoms with Gasteiger partial charge in [-0.2, -0.15) is 0 Å². The van der Waals surface area contributed by atoms with Gasteiger partial charge >= 0.3 is 0 Å². The van der Waals surface area contributed by atoms with Crippen molar-refractivity contribution < 1.29 is 4.74 Å². The minimum atomic E-state index is 0.601. The Kier molecular flexibility index (Phi) is 4.07. The molecule has 12 heavy (non-hydrogen) atoms. The average Bonchev–Trinajstić information content (AvgIpc) is 2.00. The van der Waals surface area contributed by atoms with Gasteiger partial charge in [0.2, 0.25) is 0 Å². The molecule has 0 bridgehead atoms. The van der Waals surface area contributed by atoms with E-state index in [1.807, 2.05) is 0 Å². The second kappa shape index (κ2) is 4.86. The van der Waals surface area contributed by atoms with E-state index in [1.165, 1.54) is 32.1 Å². The molecular weight excluding hydrogens is 148 g/mol. The van der Waals surface area contributed by atoms with E-state index in [2.05, 4.69) is 13.8 Å². The molecular formula is C11H22O. The van der Waals surface area contributed by atoms with E-state index in [0.29, 0.717) is 5.41 Å². The highest BCUT2D eigenvalue weighted by Gasteiger charge is 2.35. The van der Waals surface area contributed by atoms with Crippen LogP contribution in [-0.4, -0.2) is 13.2 Å². The molecule has 1 fully saturated rings. The summed E-state index contributed by atoms with van der Waals surface area (Å²) in [6.07, 6.45) is 8.08. The van der Waals surface area contributed by atoms with Crippen LogP contribution in [0.2, 0.25) is 0 Å². The van der Waals surface area contributed by atoms with Crippen LogP contribution in [0.5, 0.6) is 0 Å². The average molecular weight is 170 g/mol. The van der Waals surface area contributed by atoms with Crippen LogP contribution in [0.3, 0.4) is 0 Å². The summed E-state index contributed by atoms with van der Waals surface area (Å²) in [6, 6.07) is 0. The molecule has 0 saturated heterocycles. The molecule has 1 nitrogen and oxygen atoms in total. The Morgan fingerprint density at radius 3 is 2.33 bits per heavy atom. The first kappa shape index (κ1) is 10.0. The Bertz CT molecular complexity index is 116. The van der Waals surface area contributed by atoms with Gasteiger partial charge < -0.3 is 4.74 Å². The fraction of sp³-hybridized carbons (Fsp3) is 1.00. The van der Waals surface area contributed by atoms with Crippen LogP contribution in [-0.2, 0) is 4.74 Å². The highest BCUT2D eigenvalue weighted by Crippen LogP contribution is 2.44. The number of ether oxygens (including phenoxy) is 1. The first-order valence-electron chi connectivity index (χ1n) is 5.41. The van der Waals surface area contributed by atoms with Crippen molar-refractivity contribution in [3.63, 3.8) is 0 Å². The van der Waals surface area contributed by atoms with E-state index in [9.17, 15) is 0 Å². The SMILES string of the molecule is CCCOCC1(CCC)CCC1. The molecule has 1 aliphatic carbocycles. The molecule has 0 aliphatic heterocycles. The van der Waals surface area contributed by atoms with E-state index in [0.717, 1.165) is 19.6 Å². The predicted octanol–water partition coefficient (Wildman–Crippen LogP) is 3.38. The van der Waals surface area contributed by atoms with Gasteiger partial charge in [0.15, 0.2) is 0 Å². The summed E-state index contributed by atoms with van der Waals surface area (Å²) in [5.41, 5.74) is 0.601. The zero-order chi connectivity index (χ0) is 8.86. The topological polar surface area (TPSA) is 9.23 Å². The van der Waals surface area contributed by atoms with Crippen molar-refractivity contribution >= 4 is 0 Å². The van der Waals surface area contributed by atoms with E-state index in [4.69, 9.17) is 4.74 Å². The smallest absolute Gasteiger partial charge is 0.0522 e. The van der Waals surface area contributed by atoms with E-state index >= 15 is 0 Å². The molecule has 0 unspecified atom stereocenters. The summed E-state index contributed by atoms with van der Waals surface area (Å²) in [5, 5.41) is 0. The second-order valence-corrected chi connectivity index (χ2v) is 4.16. The Hall–Kier alpha value is -0.0400. The lowest BCUT2D eigenvalue weighted by Gasteiger charge is -2.41. The molecule has 0 N–H and O–H groups in total. The van der Waals surface area contributed by atoms with Gasteiger partial charge in [-0.25, -0.2) is 0 Å². The van der Waals surface area contributed by atoms with Gasteiger partial charge in [-0.1, -0.05) is 26.7 Å². The number of rotatable bonds is 6. The highest BCUT2D eigenvalue weighted by molar-refractivity contribution is 4.86. The van der Waals surface area contributed by atoms with Crippen LogP contribution in [0.25, 0.3) is 0 Å². The van der Waals surface area contributed by atoms with E-state index in [-0.39, 0.29) is 0 Å². The lowest BCUT2D eigenvalue weighted by Crippen LogP contribution is -2.34. The predicted molar refractivity (Wildman–Crippen MR) is 52.3 cm³/mol. The second-order valence-electron chi connectivity index (χ2n) is 4.16. The van der Waals surface area contributed by atoms with Gasteiger partial charge in [-0.3, -0.25) is 0 Å². The number of hydrogen-bond donors (Lipinski definition) is 0. The minimum Gasteiger partial charge on any atom is -0.381 e. The summed E-state index contributed by atoms with van der Waals surface area (Å²) in [7, 11) is 0. The van der Waals surface area contributed by atoms with Crippen molar-refractivity contribution in [1.29, 1.82) is 0 Å². The van der Waals surface area contributed by atoms with Crippen molar-refractivity contribution in [2.45, 2.75) is 52.4 Å². The Labute approximate surface area is 76.5 Å². The maximum atomic E-state index is 5.64. The lowest BCUT2D eigenvalue weighted by atomic mass is 9.67. The zero-order valence-corrected chi connectivity index (χ0v) is 8.57. The van der Waals surface area contributed by atoms with Crippen molar-refractivity contribution in [3.05, 3.63) is 0 Å². The van der Waals surface area contributed by atoms with Crippen LogP contribution in [0, 0.1) is 5.41 Å². The van der Waals surface area contributed by atoms with Crippen LogP contribution in [0.4, 0.5) is 0 Å². The monoisotopic (exact) mass is 170 g/mol. The fourth-order valence-electron chi connectivity index (χ4n) is 2.11. The first-order valence-corrected chi connectivity index (χ1v) is 5.41. The molecule has 72 valence electrons. The molecule has 0 aromatic carbocycles. The Morgan fingerprint density at radius 1 is 1.17 bits per heavy atom. The summed E-state index contributed by atoms with van der Waals surface area (Å²) in [4.78, 5) is 0. The van der Waals surface area contributed by atoms with Crippen molar-refractivity contribution in [2.75, 3.05) is 13.2 Å². The molecule has 0 radical (unpaired) electrons. The van der Waals surface area contributed by atoms with Crippen molar-refractivity contribution in [1.82, 2.24) is 0 Å². The molecule has 1 heteroatoms. The number of hydrogen-bond acceptors (Lipinski definition) is 1. The quantitative estimate of drug-likeness (QED) is 0.555. The van der Waals surface area contributed by atoms with Gasteiger partial charge in [-0.05, 0) is 31.1 Å². The van der Waals surface area contributed by atoms with Crippen LogP contribution in [0.1, 0.15) is 52.4 Å². The van der Waals surface area contributed by atoms with Crippen LogP contribution in [0.15, 0.2) is 0 Å². The molecule has 0 aromatic rings. The zero-order valence-electron chi connectivity index (χ0n) is 8.57. The van der Waals surface area contributed by atoms with Crippen molar-refractivity contribution in [2.24, 2.45) is 5.41 Å². The third-order valence-electron chi connectivity index (χ3n) is 2.95. The molecule has 1 saturated carbocycles. The summed E-state index contributed by atoms with van der Waals surface area (Å²) >= 11 is 0. The first-order chi connectivity index (χ1) is 5.83. The molecule has 0 aromatic heterocycles. The van der Waals surface area contributed by atoms with E-state index in [1.54, 1.807) is 0 Å². The van der Waals surface area contributed by atoms with Gasteiger partial charge in [0.25, 0.3) is 0 Å². The van der Waals surface area contributed by atoms with Crippen LogP contribution < -0.4 is 0 Å². The molecule has 1 rings (SSSR count). The Balaban J connectivity index is 2.15. The maximum Gasteiger partial charge on any atom is 0.0522 e. The Morgan fingerprint density at radius 2 is 1.92 bits per heavy atom.